The number of halogens is 2. The van der Waals surface area contributed by atoms with Gasteiger partial charge < -0.3 is 20.5 Å². The van der Waals surface area contributed by atoms with Crippen LogP contribution in [-0.2, 0) is 14.3 Å². The largest absolute Gasteiger partial charge is 0.481 e. The van der Waals surface area contributed by atoms with Crippen LogP contribution in [0.5, 0.6) is 0 Å². The number of nitrogens with one attached hydrogen (secondary N) is 2. The number of carboxylic acid groups (broad SMARTS) is 1. The van der Waals surface area contributed by atoms with E-state index in [0.717, 1.165) is 22.3 Å². The first kappa shape index (κ1) is 24.9. The number of benzene rings is 2. The van der Waals surface area contributed by atoms with Gasteiger partial charge in [0.05, 0.1) is 6.42 Å². The number of fused-ring (bicyclic) bond motifs is 3. The van der Waals surface area contributed by atoms with Gasteiger partial charge in [-0.15, -0.1) is 6.58 Å². The van der Waals surface area contributed by atoms with Gasteiger partial charge >= 0.3 is 12.1 Å². The van der Waals surface area contributed by atoms with Crippen LogP contribution in [0.3, 0.4) is 0 Å². The molecule has 2 atom stereocenters. The van der Waals surface area contributed by atoms with Crippen molar-refractivity contribution in [1.82, 2.24) is 10.6 Å². The van der Waals surface area contributed by atoms with Gasteiger partial charge in [0.2, 0.25) is 5.91 Å². The Hall–Kier alpha value is -3.75. The summed E-state index contributed by atoms with van der Waals surface area (Å²) in [4.78, 5) is 35.9. The summed E-state index contributed by atoms with van der Waals surface area (Å²) in [6.45, 7) is 3.58. The van der Waals surface area contributed by atoms with Crippen LogP contribution >= 0.6 is 0 Å². The standard InChI is InChI=1S/C25H26F2N2O5/c1-2-3-12-20(24(32)28-21(23(26)27)13-22(30)31)29-25(33)34-14-19-17-10-6-4-8-15(17)16-9-5-7-11-18(16)19/h2,4-11,19-21,23H,1,3,12-14H2,(H,28,32)(H,29,33)(H,30,31). The average molecular weight is 472 g/mol. The number of alkyl carbamates (subject to hydrolysis) is 1. The summed E-state index contributed by atoms with van der Waals surface area (Å²) < 4.78 is 31.7. The van der Waals surface area contributed by atoms with Crippen LogP contribution in [0.15, 0.2) is 61.2 Å². The number of carboxylic acids is 1. The predicted molar refractivity (Wildman–Crippen MR) is 122 cm³/mol. The monoisotopic (exact) mass is 472 g/mol. The Kier molecular flexibility index (Phi) is 8.34. The first-order chi connectivity index (χ1) is 16.3. The summed E-state index contributed by atoms with van der Waals surface area (Å²) in [5.74, 6) is -2.57. The van der Waals surface area contributed by atoms with E-state index in [1.54, 1.807) is 0 Å². The summed E-state index contributed by atoms with van der Waals surface area (Å²) in [6, 6.07) is 12.6. The molecule has 1 aliphatic rings. The van der Waals surface area contributed by atoms with Gasteiger partial charge in [0.15, 0.2) is 0 Å². The molecule has 0 fully saturated rings. The zero-order chi connectivity index (χ0) is 24.7. The molecule has 2 aromatic rings. The van der Waals surface area contributed by atoms with E-state index in [1.807, 2.05) is 53.8 Å². The van der Waals surface area contributed by atoms with Crippen LogP contribution in [0.25, 0.3) is 11.1 Å². The van der Waals surface area contributed by atoms with E-state index in [-0.39, 0.29) is 18.9 Å². The van der Waals surface area contributed by atoms with Crippen molar-refractivity contribution in [2.24, 2.45) is 0 Å². The first-order valence-electron chi connectivity index (χ1n) is 10.8. The van der Waals surface area contributed by atoms with Crippen molar-refractivity contribution in [3.63, 3.8) is 0 Å². The fourth-order valence-electron chi connectivity index (χ4n) is 4.01. The van der Waals surface area contributed by atoms with Crippen molar-refractivity contribution in [2.75, 3.05) is 6.61 Å². The molecule has 3 rings (SSSR count). The van der Waals surface area contributed by atoms with Gasteiger partial charge in [0.25, 0.3) is 6.43 Å². The van der Waals surface area contributed by atoms with E-state index in [4.69, 9.17) is 9.84 Å². The lowest BCUT2D eigenvalue weighted by Gasteiger charge is -2.22. The molecule has 0 saturated carbocycles. The first-order valence-corrected chi connectivity index (χ1v) is 10.8. The molecule has 9 heteroatoms. The minimum absolute atomic E-state index is 0.0222. The second kappa shape index (κ2) is 11.4. The maximum atomic E-state index is 13.1. The summed E-state index contributed by atoms with van der Waals surface area (Å²) in [6.07, 6.45) is -2.97. The van der Waals surface area contributed by atoms with Gasteiger partial charge in [-0.3, -0.25) is 9.59 Å². The van der Waals surface area contributed by atoms with Crippen molar-refractivity contribution in [1.29, 1.82) is 0 Å². The molecule has 0 bridgehead atoms. The maximum absolute atomic E-state index is 13.1. The molecule has 0 radical (unpaired) electrons. The summed E-state index contributed by atoms with van der Waals surface area (Å²) in [5.41, 5.74) is 4.16. The number of hydrogen-bond acceptors (Lipinski definition) is 4. The molecule has 0 aromatic heterocycles. The molecule has 2 amide bonds. The van der Waals surface area contributed by atoms with Crippen LogP contribution in [0.2, 0.25) is 0 Å². The SMILES string of the molecule is C=CCCC(NC(=O)OCC1c2ccccc2-c2ccccc21)C(=O)NC(CC(=O)O)C(F)F. The Morgan fingerprint density at radius 2 is 1.62 bits per heavy atom. The second-order valence-corrected chi connectivity index (χ2v) is 7.94. The van der Waals surface area contributed by atoms with Gasteiger partial charge in [-0.25, -0.2) is 13.6 Å². The summed E-state index contributed by atoms with van der Waals surface area (Å²) in [5, 5.41) is 13.2. The van der Waals surface area contributed by atoms with Gasteiger partial charge in [0.1, 0.15) is 18.7 Å². The molecular formula is C25H26F2N2O5. The number of hydrogen-bond donors (Lipinski definition) is 3. The zero-order valence-corrected chi connectivity index (χ0v) is 18.4. The van der Waals surface area contributed by atoms with Crippen molar-refractivity contribution in [3.05, 3.63) is 72.3 Å². The Bertz CT molecular complexity index is 1010. The summed E-state index contributed by atoms with van der Waals surface area (Å²) in [7, 11) is 0. The number of ether oxygens (including phenoxy) is 1. The lowest BCUT2D eigenvalue weighted by molar-refractivity contribution is -0.139. The van der Waals surface area contributed by atoms with E-state index < -0.39 is 42.9 Å². The van der Waals surface area contributed by atoms with Crippen molar-refractivity contribution in [3.8, 4) is 11.1 Å². The third kappa shape index (κ3) is 5.98. The molecule has 0 heterocycles. The fourth-order valence-corrected chi connectivity index (χ4v) is 4.01. The van der Waals surface area contributed by atoms with Gasteiger partial charge in [-0.1, -0.05) is 54.6 Å². The van der Waals surface area contributed by atoms with Crippen LogP contribution < -0.4 is 10.6 Å². The molecule has 2 unspecified atom stereocenters. The van der Waals surface area contributed by atoms with E-state index in [9.17, 15) is 23.2 Å². The third-order valence-corrected chi connectivity index (χ3v) is 5.64. The fraction of sp³-hybridized carbons (Fsp3) is 0.320. The number of allylic oxidation sites excluding steroid dienone is 1. The molecular weight excluding hydrogens is 446 g/mol. The van der Waals surface area contributed by atoms with E-state index in [2.05, 4.69) is 11.9 Å². The van der Waals surface area contributed by atoms with Crippen LogP contribution in [0.1, 0.15) is 36.3 Å². The highest BCUT2D eigenvalue weighted by atomic mass is 19.3. The van der Waals surface area contributed by atoms with Crippen LogP contribution in [0, 0.1) is 0 Å². The third-order valence-electron chi connectivity index (χ3n) is 5.64. The molecule has 1 aliphatic carbocycles. The molecule has 3 N–H and O–H groups in total. The molecule has 0 spiro atoms. The van der Waals surface area contributed by atoms with Crippen LogP contribution in [0.4, 0.5) is 13.6 Å². The molecule has 180 valence electrons. The van der Waals surface area contributed by atoms with E-state index >= 15 is 0 Å². The quantitative estimate of drug-likeness (QED) is 0.428. The number of carbonyl (C=O) groups is 3. The molecule has 0 aliphatic heterocycles. The number of carbonyl (C=O) groups excluding carboxylic acids is 2. The van der Waals surface area contributed by atoms with Crippen molar-refractivity contribution in [2.45, 2.75) is 43.7 Å². The van der Waals surface area contributed by atoms with E-state index in [1.165, 1.54) is 6.08 Å². The molecule has 7 nitrogen and oxygen atoms in total. The molecule has 34 heavy (non-hydrogen) atoms. The minimum Gasteiger partial charge on any atom is -0.481 e. The van der Waals surface area contributed by atoms with Crippen molar-refractivity contribution < 1.29 is 33.0 Å². The highest BCUT2D eigenvalue weighted by Gasteiger charge is 2.31. The predicted octanol–water partition coefficient (Wildman–Crippen LogP) is 4.08. The van der Waals surface area contributed by atoms with Gasteiger partial charge in [0, 0.05) is 5.92 Å². The maximum Gasteiger partial charge on any atom is 0.407 e. The second-order valence-electron chi connectivity index (χ2n) is 7.94. The number of rotatable bonds is 11. The smallest absolute Gasteiger partial charge is 0.407 e. The highest BCUT2D eigenvalue weighted by molar-refractivity contribution is 5.86. The number of amides is 2. The zero-order valence-electron chi connectivity index (χ0n) is 18.4. The Morgan fingerprint density at radius 3 is 2.15 bits per heavy atom. The topological polar surface area (TPSA) is 105 Å². The Balaban J connectivity index is 1.65. The Labute approximate surface area is 195 Å². The lowest BCUT2D eigenvalue weighted by Crippen LogP contribution is -2.52. The Morgan fingerprint density at radius 1 is 1.03 bits per heavy atom. The number of alkyl halides is 2. The van der Waals surface area contributed by atoms with Crippen LogP contribution in [-0.4, -0.2) is 48.2 Å². The lowest BCUT2D eigenvalue weighted by atomic mass is 9.98. The highest BCUT2D eigenvalue weighted by Crippen LogP contribution is 2.44. The normalized spacial score (nSPS) is 14.0. The van der Waals surface area contributed by atoms with E-state index in [0.29, 0.717) is 6.42 Å². The minimum atomic E-state index is -3.07. The molecule has 0 saturated heterocycles. The van der Waals surface area contributed by atoms with Gasteiger partial charge in [-0.2, -0.15) is 0 Å². The number of aliphatic carboxylic acids is 1. The van der Waals surface area contributed by atoms with Crippen molar-refractivity contribution >= 4 is 18.0 Å². The average Bonchev–Trinajstić information content (AvgIpc) is 3.13. The molecule has 2 aromatic carbocycles. The van der Waals surface area contributed by atoms with Gasteiger partial charge in [-0.05, 0) is 35.1 Å². The summed E-state index contributed by atoms with van der Waals surface area (Å²) >= 11 is 0.